The van der Waals surface area contributed by atoms with Crippen LogP contribution in [-0.4, -0.2) is 43.0 Å². The molecule has 0 heterocycles. The highest BCUT2D eigenvalue weighted by Crippen LogP contribution is 2.52. The smallest absolute Gasteiger partial charge is 0.0549 e. The summed E-state index contributed by atoms with van der Waals surface area (Å²) in [5, 5.41) is -2.77. The maximum Gasteiger partial charge on any atom is 0.0549 e. The maximum atomic E-state index is 6.61. The average molecular weight is 470 g/mol. The van der Waals surface area contributed by atoms with Gasteiger partial charge in [-0.25, -0.2) is 0 Å². The summed E-state index contributed by atoms with van der Waals surface area (Å²) in [4.78, 5) is 0. The second-order valence-corrected chi connectivity index (χ2v) is 10.5. The lowest BCUT2D eigenvalue weighted by atomic mass is 9.68. The molecule has 8 unspecified atom stereocenters. The van der Waals surface area contributed by atoms with Crippen molar-refractivity contribution in [2.75, 3.05) is 0 Å². The van der Waals surface area contributed by atoms with Gasteiger partial charge in [0.2, 0.25) is 0 Å². The van der Waals surface area contributed by atoms with Crippen LogP contribution < -0.4 is 0 Å². The standard InChI is InChI=1S/C14H18Cl8/c1-3-7(15)11(19)5(12(20)8(3)16)6-13(21)9(17)4(2)10(18)14(6)22/h3-14H,1-2H3. The maximum absolute atomic E-state index is 6.61. The first kappa shape index (κ1) is 20.6. The van der Waals surface area contributed by atoms with Gasteiger partial charge in [0.1, 0.15) is 0 Å². The van der Waals surface area contributed by atoms with Crippen LogP contribution in [0.25, 0.3) is 0 Å². The molecule has 8 atom stereocenters. The van der Waals surface area contributed by atoms with Gasteiger partial charge >= 0.3 is 0 Å². The summed E-state index contributed by atoms with van der Waals surface area (Å²) in [6.45, 7) is 3.90. The molecule has 22 heavy (non-hydrogen) atoms. The van der Waals surface area contributed by atoms with E-state index in [9.17, 15) is 0 Å². The summed E-state index contributed by atoms with van der Waals surface area (Å²) < 4.78 is 0. The van der Waals surface area contributed by atoms with Crippen LogP contribution in [0.3, 0.4) is 0 Å². The Bertz CT molecular complexity index is 325. The van der Waals surface area contributed by atoms with E-state index in [0.29, 0.717) is 0 Å². The first-order chi connectivity index (χ1) is 10.1. The molecule has 2 aliphatic rings. The van der Waals surface area contributed by atoms with Crippen LogP contribution >= 0.6 is 92.8 Å². The van der Waals surface area contributed by atoms with Gasteiger partial charge in [0.15, 0.2) is 0 Å². The Balaban J connectivity index is 2.35. The van der Waals surface area contributed by atoms with E-state index in [1.54, 1.807) is 0 Å². The summed E-state index contributed by atoms with van der Waals surface area (Å²) >= 11 is 52.3. The van der Waals surface area contributed by atoms with Crippen molar-refractivity contribution < 1.29 is 0 Å². The molecule has 130 valence electrons. The quantitative estimate of drug-likeness (QED) is 0.391. The molecule has 2 fully saturated rings. The fraction of sp³-hybridized carbons (Fsp3) is 1.00. The van der Waals surface area contributed by atoms with E-state index in [-0.39, 0.29) is 66.7 Å². The summed E-state index contributed by atoms with van der Waals surface area (Å²) in [7, 11) is 0. The third-order valence-corrected chi connectivity index (χ3v) is 10.6. The van der Waals surface area contributed by atoms with Crippen molar-refractivity contribution in [2.45, 2.75) is 56.9 Å². The summed E-state index contributed by atoms with van der Waals surface area (Å²) in [6.07, 6.45) is 0. The van der Waals surface area contributed by atoms with Crippen LogP contribution in [0.2, 0.25) is 0 Å². The molecule has 0 radical (unpaired) electrons. The lowest BCUT2D eigenvalue weighted by Crippen LogP contribution is -2.60. The predicted molar refractivity (Wildman–Crippen MR) is 102 cm³/mol. The molecule has 0 aliphatic heterocycles. The largest absolute Gasteiger partial charge is 0.121 e. The van der Waals surface area contributed by atoms with Crippen LogP contribution in [0.1, 0.15) is 13.8 Å². The molecule has 2 rings (SSSR count). The molecule has 0 amide bonds. The van der Waals surface area contributed by atoms with Gasteiger partial charge in [0.05, 0.1) is 43.0 Å². The summed E-state index contributed by atoms with van der Waals surface area (Å²) in [5.74, 6) is -0.504. The number of hydrogen-bond acceptors (Lipinski definition) is 0. The van der Waals surface area contributed by atoms with Crippen molar-refractivity contribution in [3.05, 3.63) is 0 Å². The van der Waals surface area contributed by atoms with E-state index in [1.165, 1.54) is 0 Å². The number of rotatable bonds is 1. The first-order valence-corrected chi connectivity index (χ1v) is 10.7. The molecule has 0 aromatic rings. The Labute approximate surface area is 172 Å². The van der Waals surface area contributed by atoms with E-state index < -0.39 is 0 Å². The highest BCUT2D eigenvalue weighted by atomic mass is 35.5. The van der Waals surface area contributed by atoms with Crippen LogP contribution in [0.5, 0.6) is 0 Å². The van der Waals surface area contributed by atoms with Crippen LogP contribution in [-0.2, 0) is 0 Å². The van der Waals surface area contributed by atoms with Gasteiger partial charge in [-0.1, -0.05) is 13.8 Å². The molecule has 8 heteroatoms. The van der Waals surface area contributed by atoms with Gasteiger partial charge in [-0.05, 0) is 11.8 Å². The second-order valence-electron chi connectivity index (χ2n) is 6.43. The summed E-state index contributed by atoms with van der Waals surface area (Å²) in [6, 6.07) is 0. The topological polar surface area (TPSA) is 0 Å². The highest BCUT2D eigenvalue weighted by molar-refractivity contribution is 6.37. The second kappa shape index (κ2) is 7.91. The SMILES string of the molecule is CC1C(Cl)C(Cl)C(C2C(Cl)C(Cl)C(C)C(Cl)C2Cl)C(Cl)C1Cl. The van der Waals surface area contributed by atoms with Crippen LogP contribution in [0, 0.1) is 23.7 Å². The van der Waals surface area contributed by atoms with E-state index in [0.717, 1.165) is 0 Å². The minimum absolute atomic E-state index is 0.00625. The Morgan fingerprint density at radius 2 is 0.545 bits per heavy atom. The van der Waals surface area contributed by atoms with E-state index in [4.69, 9.17) is 92.8 Å². The van der Waals surface area contributed by atoms with Gasteiger partial charge in [0, 0.05) is 11.8 Å². The minimum Gasteiger partial charge on any atom is -0.121 e. The molecule has 0 spiro atoms. The fourth-order valence-corrected chi connectivity index (χ4v) is 7.37. The van der Waals surface area contributed by atoms with Crippen molar-refractivity contribution >= 4 is 92.8 Å². The lowest BCUT2D eigenvalue weighted by molar-refractivity contribution is 0.180. The monoisotopic (exact) mass is 466 g/mol. The van der Waals surface area contributed by atoms with E-state index in [2.05, 4.69) is 0 Å². The zero-order chi connectivity index (χ0) is 16.9. The van der Waals surface area contributed by atoms with E-state index >= 15 is 0 Å². The molecule has 2 aliphatic carbocycles. The predicted octanol–water partition coefficient (Wildman–Crippen LogP) is 6.38. The number of hydrogen-bond donors (Lipinski definition) is 0. The van der Waals surface area contributed by atoms with Gasteiger partial charge < -0.3 is 0 Å². The molecule has 0 nitrogen and oxygen atoms in total. The molecule has 0 aromatic carbocycles. The number of alkyl halides is 8. The number of halogens is 8. The normalized spacial score (nSPS) is 60.3. The van der Waals surface area contributed by atoms with Crippen molar-refractivity contribution in [3.8, 4) is 0 Å². The zero-order valence-corrected chi connectivity index (χ0v) is 18.0. The van der Waals surface area contributed by atoms with Crippen LogP contribution in [0.4, 0.5) is 0 Å². The third-order valence-electron chi connectivity index (χ3n) is 5.14. The van der Waals surface area contributed by atoms with Crippen LogP contribution in [0.15, 0.2) is 0 Å². The van der Waals surface area contributed by atoms with Crippen molar-refractivity contribution in [1.29, 1.82) is 0 Å². The molecular formula is C14H18Cl8. The van der Waals surface area contributed by atoms with Gasteiger partial charge in [0.25, 0.3) is 0 Å². The molecule has 0 aromatic heterocycles. The van der Waals surface area contributed by atoms with Crippen molar-refractivity contribution in [1.82, 2.24) is 0 Å². The third kappa shape index (κ3) is 3.44. The zero-order valence-electron chi connectivity index (χ0n) is 12.0. The fourth-order valence-electron chi connectivity index (χ4n) is 3.56. The first-order valence-electron chi connectivity index (χ1n) is 7.23. The molecular weight excluding hydrogens is 452 g/mol. The van der Waals surface area contributed by atoms with Gasteiger partial charge in [-0.15, -0.1) is 92.8 Å². The summed E-state index contributed by atoms with van der Waals surface area (Å²) in [5.41, 5.74) is 0. The van der Waals surface area contributed by atoms with Gasteiger partial charge in [-0.3, -0.25) is 0 Å². The minimum atomic E-state index is -0.386. The van der Waals surface area contributed by atoms with Gasteiger partial charge in [-0.2, -0.15) is 0 Å². The lowest BCUT2D eigenvalue weighted by Gasteiger charge is -2.51. The molecule has 0 saturated heterocycles. The average Bonchev–Trinajstić information content (AvgIpc) is 2.50. The van der Waals surface area contributed by atoms with Crippen molar-refractivity contribution in [3.63, 3.8) is 0 Å². The molecule has 0 N–H and O–H groups in total. The highest BCUT2D eigenvalue weighted by Gasteiger charge is 2.56. The Morgan fingerprint density at radius 1 is 0.364 bits per heavy atom. The Morgan fingerprint density at radius 3 is 0.727 bits per heavy atom. The Kier molecular flexibility index (Phi) is 7.42. The Hall–Kier alpha value is 2.32. The molecule has 0 bridgehead atoms. The van der Waals surface area contributed by atoms with E-state index in [1.807, 2.05) is 13.8 Å². The molecule has 2 saturated carbocycles. The van der Waals surface area contributed by atoms with Crippen molar-refractivity contribution in [2.24, 2.45) is 23.7 Å².